The van der Waals surface area contributed by atoms with Gasteiger partial charge in [0.05, 0.1) is 12.9 Å². The second-order valence-electron chi connectivity index (χ2n) is 6.99. The summed E-state index contributed by atoms with van der Waals surface area (Å²) in [6.07, 6.45) is 0. The first kappa shape index (κ1) is 22.9. The first-order valence-corrected chi connectivity index (χ1v) is 11.8. The predicted octanol–water partition coefficient (Wildman–Crippen LogP) is 5.26. The second kappa shape index (κ2) is 11.0. The number of benzene rings is 2. The highest BCUT2D eigenvalue weighted by molar-refractivity contribution is 8.01. The molecule has 3 rings (SSSR count). The fourth-order valence-corrected chi connectivity index (χ4v) is 4.60. The van der Waals surface area contributed by atoms with Crippen molar-refractivity contribution in [2.24, 2.45) is 0 Å². The maximum absolute atomic E-state index is 12.3. The van der Waals surface area contributed by atoms with Crippen molar-refractivity contribution in [3.8, 4) is 5.75 Å². The lowest BCUT2D eigenvalue weighted by molar-refractivity contribution is -0.113. The normalized spacial score (nSPS) is 10.7. The van der Waals surface area contributed by atoms with E-state index in [0.29, 0.717) is 11.2 Å². The third-order valence-electron chi connectivity index (χ3n) is 4.52. The number of thioether (sulfide) groups is 1. The monoisotopic (exact) mass is 457 g/mol. The molecule has 164 valence electrons. The average molecular weight is 458 g/mol. The van der Waals surface area contributed by atoms with Gasteiger partial charge in [0.15, 0.2) is 4.34 Å². The van der Waals surface area contributed by atoms with Gasteiger partial charge >= 0.3 is 0 Å². The van der Waals surface area contributed by atoms with Gasteiger partial charge in [-0.1, -0.05) is 23.1 Å². The van der Waals surface area contributed by atoms with Crippen molar-refractivity contribution in [3.63, 3.8) is 0 Å². The highest BCUT2D eigenvalue weighted by Crippen LogP contribution is 2.28. The molecule has 0 spiro atoms. The van der Waals surface area contributed by atoms with Crippen LogP contribution in [0.2, 0.25) is 0 Å². The van der Waals surface area contributed by atoms with Gasteiger partial charge in [0, 0.05) is 29.6 Å². The maximum atomic E-state index is 12.3. The molecule has 2 N–H and O–H groups in total. The maximum Gasteiger partial charge on any atom is 0.234 e. The molecule has 3 aromatic rings. The van der Waals surface area contributed by atoms with Gasteiger partial charge in [-0.3, -0.25) is 4.79 Å². The van der Waals surface area contributed by atoms with Crippen LogP contribution < -0.4 is 20.3 Å². The fourth-order valence-electron chi connectivity index (χ4n) is 3.02. The highest BCUT2D eigenvalue weighted by atomic mass is 32.2. The molecular formula is C22H27N5O2S2. The van der Waals surface area contributed by atoms with Crippen molar-refractivity contribution in [1.82, 2.24) is 10.2 Å². The molecule has 0 bridgehead atoms. The minimum atomic E-state index is -0.0752. The number of hydrogen-bond donors (Lipinski definition) is 2. The Bertz CT molecular complexity index is 974. The lowest BCUT2D eigenvalue weighted by Gasteiger charge is -2.27. The van der Waals surface area contributed by atoms with Crippen LogP contribution in [0.5, 0.6) is 5.75 Å². The van der Waals surface area contributed by atoms with Gasteiger partial charge in [-0.15, -0.1) is 10.2 Å². The summed E-state index contributed by atoms with van der Waals surface area (Å²) in [7, 11) is 1.63. The Morgan fingerprint density at radius 1 is 1.10 bits per heavy atom. The molecule has 0 saturated heterocycles. The number of nitrogens with one attached hydrogen (secondary N) is 2. The van der Waals surface area contributed by atoms with Crippen molar-refractivity contribution < 1.29 is 9.53 Å². The van der Waals surface area contributed by atoms with E-state index in [9.17, 15) is 4.79 Å². The third-order valence-corrected chi connectivity index (χ3v) is 6.49. The Kier molecular flexibility index (Phi) is 8.13. The molecule has 0 fully saturated rings. The van der Waals surface area contributed by atoms with Gasteiger partial charge in [-0.05, 0) is 69.3 Å². The van der Waals surface area contributed by atoms with Crippen molar-refractivity contribution in [1.29, 1.82) is 0 Å². The van der Waals surface area contributed by atoms with Gasteiger partial charge in [-0.2, -0.15) is 0 Å². The molecule has 1 amide bonds. The van der Waals surface area contributed by atoms with Crippen LogP contribution in [0.4, 0.5) is 22.2 Å². The predicted molar refractivity (Wildman–Crippen MR) is 130 cm³/mol. The number of carbonyl (C=O) groups excluding carboxylic acids is 1. The zero-order valence-corrected chi connectivity index (χ0v) is 19.7. The lowest BCUT2D eigenvalue weighted by atomic mass is 10.2. The summed E-state index contributed by atoms with van der Waals surface area (Å²) >= 11 is 2.77. The second-order valence-corrected chi connectivity index (χ2v) is 9.19. The molecule has 0 unspecified atom stereocenters. The van der Waals surface area contributed by atoms with Crippen LogP contribution >= 0.6 is 23.1 Å². The molecule has 9 heteroatoms. The van der Waals surface area contributed by atoms with Crippen molar-refractivity contribution in [2.75, 3.05) is 34.9 Å². The number of aromatic nitrogens is 2. The van der Waals surface area contributed by atoms with Crippen LogP contribution in [-0.4, -0.2) is 41.6 Å². The quantitative estimate of drug-likeness (QED) is 0.402. The van der Waals surface area contributed by atoms with E-state index in [0.717, 1.165) is 33.7 Å². The molecule has 0 aliphatic carbocycles. The summed E-state index contributed by atoms with van der Waals surface area (Å²) in [5.74, 6) is 0.988. The summed E-state index contributed by atoms with van der Waals surface area (Å²) in [6, 6.07) is 15.9. The number of hydrogen-bond acceptors (Lipinski definition) is 8. The summed E-state index contributed by atoms with van der Waals surface area (Å²) in [5.41, 5.74) is 2.83. The molecule has 0 aliphatic heterocycles. The Labute approximate surface area is 191 Å². The molecule has 0 radical (unpaired) electrons. The Morgan fingerprint density at radius 3 is 2.39 bits per heavy atom. The average Bonchev–Trinajstić information content (AvgIpc) is 3.21. The van der Waals surface area contributed by atoms with E-state index >= 15 is 0 Å². The van der Waals surface area contributed by atoms with Gasteiger partial charge in [0.1, 0.15) is 5.75 Å². The first-order chi connectivity index (χ1) is 15.0. The van der Waals surface area contributed by atoms with Crippen LogP contribution in [0, 0.1) is 0 Å². The minimum absolute atomic E-state index is 0.0752. The molecule has 31 heavy (non-hydrogen) atoms. The van der Waals surface area contributed by atoms with Crippen LogP contribution in [0.3, 0.4) is 0 Å². The van der Waals surface area contributed by atoms with E-state index in [2.05, 4.69) is 46.5 Å². The molecular weight excluding hydrogens is 430 g/mol. The lowest BCUT2D eigenvalue weighted by Crippen LogP contribution is -2.30. The summed E-state index contributed by atoms with van der Waals surface area (Å²) in [5, 5.41) is 15.1. The Morgan fingerprint density at radius 2 is 1.77 bits per heavy atom. The first-order valence-electron chi connectivity index (χ1n) is 10.0. The van der Waals surface area contributed by atoms with Gasteiger partial charge in [0.25, 0.3) is 0 Å². The van der Waals surface area contributed by atoms with E-state index in [4.69, 9.17) is 4.74 Å². The number of rotatable bonds is 10. The van der Waals surface area contributed by atoms with Crippen LogP contribution in [0.25, 0.3) is 0 Å². The van der Waals surface area contributed by atoms with Gasteiger partial charge in [0.2, 0.25) is 11.0 Å². The number of carbonyl (C=O) groups is 1. The van der Waals surface area contributed by atoms with Crippen molar-refractivity contribution in [2.45, 2.75) is 31.2 Å². The van der Waals surface area contributed by atoms with E-state index in [1.54, 1.807) is 7.11 Å². The standard InChI is InChI=1S/C22H27N5O2S2/c1-5-27(15(2)3)18-10-6-16(7-11-18)23-20(28)14-30-22-26-25-21(31-22)24-17-8-12-19(29-4)13-9-17/h6-13,15H,5,14H2,1-4H3,(H,23,28)(H,24,25). The minimum Gasteiger partial charge on any atom is -0.497 e. The molecule has 0 aliphatic rings. The third kappa shape index (κ3) is 6.60. The molecule has 2 aromatic carbocycles. The number of ether oxygens (including phenoxy) is 1. The van der Waals surface area contributed by atoms with Crippen molar-refractivity contribution >= 4 is 51.2 Å². The van der Waals surface area contributed by atoms with E-state index in [1.165, 1.54) is 23.1 Å². The van der Waals surface area contributed by atoms with E-state index in [1.807, 2.05) is 48.5 Å². The Hall–Kier alpha value is -2.78. The summed E-state index contributed by atoms with van der Waals surface area (Å²) in [4.78, 5) is 14.6. The molecule has 0 saturated carbocycles. The largest absolute Gasteiger partial charge is 0.497 e. The molecule has 7 nitrogen and oxygen atoms in total. The molecule has 1 heterocycles. The molecule has 0 atom stereocenters. The zero-order chi connectivity index (χ0) is 22.2. The van der Waals surface area contributed by atoms with Crippen LogP contribution in [0.15, 0.2) is 52.9 Å². The smallest absolute Gasteiger partial charge is 0.234 e. The Balaban J connectivity index is 1.48. The van der Waals surface area contributed by atoms with E-state index < -0.39 is 0 Å². The summed E-state index contributed by atoms with van der Waals surface area (Å²) < 4.78 is 5.89. The van der Waals surface area contributed by atoms with Crippen molar-refractivity contribution in [3.05, 3.63) is 48.5 Å². The van der Waals surface area contributed by atoms with Gasteiger partial charge in [-0.25, -0.2) is 0 Å². The number of nitrogens with zero attached hydrogens (tertiary/aromatic N) is 3. The summed E-state index contributed by atoms with van der Waals surface area (Å²) in [6.45, 7) is 7.42. The van der Waals surface area contributed by atoms with E-state index in [-0.39, 0.29) is 11.7 Å². The molecule has 1 aromatic heterocycles. The van der Waals surface area contributed by atoms with Crippen LogP contribution in [0.1, 0.15) is 20.8 Å². The highest BCUT2D eigenvalue weighted by Gasteiger charge is 2.11. The fraction of sp³-hybridized carbons (Fsp3) is 0.318. The van der Waals surface area contributed by atoms with Crippen LogP contribution in [-0.2, 0) is 4.79 Å². The zero-order valence-electron chi connectivity index (χ0n) is 18.1. The van der Waals surface area contributed by atoms with Gasteiger partial charge < -0.3 is 20.3 Å². The topological polar surface area (TPSA) is 79.4 Å². The number of methoxy groups -OCH3 is 1. The SMILES string of the molecule is CCN(c1ccc(NC(=O)CSc2nnc(Nc3ccc(OC)cc3)s2)cc1)C(C)C. The number of anilines is 4. The number of amides is 1.